The zero-order valence-electron chi connectivity index (χ0n) is 10.8. The average molecular weight is 269 g/mol. The van der Waals surface area contributed by atoms with Gasteiger partial charge in [-0.1, -0.05) is 36.4 Å². The van der Waals surface area contributed by atoms with Crippen molar-refractivity contribution in [2.75, 3.05) is 6.54 Å². The Labute approximate surface area is 116 Å². The number of aliphatic hydroxyl groups is 2. The van der Waals surface area contributed by atoms with Crippen LogP contribution in [0.2, 0.25) is 0 Å². The Hall–Kier alpha value is -2.01. The molecule has 1 aliphatic carbocycles. The first kappa shape index (κ1) is 13.0. The van der Waals surface area contributed by atoms with Gasteiger partial charge in [-0.25, -0.2) is 0 Å². The van der Waals surface area contributed by atoms with Gasteiger partial charge in [0.1, 0.15) is 6.10 Å². The standard InChI is InChI=1S/C16H15NO3/c17-8-14(18)15(19)9-5-6-11-10-3-1-2-4-12(10)16(20)13(11)7-9/h1-7,14-15,18-19H,8,17H2. The van der Waals surface area contributed by atoms with Gasteiger partial charge in [0.2, 0.25) is 0 Å². The monoisotopic (exact) mass is 269 g/mol. The molecule has 2 aromatic rings. The van der Waals surface area contributed by atoms with Crippen LogP contribution < -0.4 is 5.73 Å². The second-order valence-electron chi connectivity index (χ2n) is 4.93. The highest BCUT2D eigenvalue weighted by Gasteiger charge is 2.27. The van der Waals surface area contributed by atoms with Crippen molar-refractivity contribution >= 4 is 5.78 Å². The number of benzene rings is 2. The molecule has 2 atom stereocenters. The largest absolute Gasteiger partial charge is 0.389 e. The van der Waals surface area contributed by atoms with Crippen LogP contribution in [-0.4, -0.2) is 28.6 Å². The predicted octanol–water partition coefficient (Wildman–Crippen LogP) is 1.25. The van der Waals surface area contributed by atoms with E-state index < -0.39 is 12.2 Å². The number of hydrogen-bond donors (Lipinski definition) is 3. The number of rotatable bonds is 3. The highest BCUT2D eigenvalue weighted by molar-refractivity contribution is 6.21. The third-order valence-corrected chi connectivity index (χ3v) is 3.70. The van der Waals surface area contributed by atoms with Gasteiger partial charge in [-0.3, -0.25) is 4.79 Å². The third kappa shape index (κ3) is 1.86. The molecule has 0 amide bonds. The Morgan fingerprint density at radius 1 is 0.950 bits per heavy atom. The van der Waals surface area contributed by atoms with E-state index in [0.717, 1.165) is 11.1 Å². The van der Waals surface area contributed by atoms with Gasteiger partial charge in [0.15, 0.2) is 5.78 Å². The molecule has 0 bridgehead atoms. The molecule has 0 spiro atoms. The number of ketones is 1. The van der Waals surface area contributed by atoms with Gasteiger partial charge < -0.3 is 15.9 Å². The van der Waals surface area contributed by atoms with Crippen molar-refractivity contribution in [1.29, 1.82) is 0 Å². The first-order chi connectivity index (χ1) is 9.63. The number of nitrogens with two attached hydrogens (primary N) is 1. The highest BCUT2D eigenvalue weighted by Crippen LogP contribution is 2.37. The molecule has 4 N–H and O–H groups in total. The van der Waals surface area contributed by atoms with Crippen LogP contribution in [0.5, 0.6) is 0 Å². The second-order valence-corrected chi connectivity index (χ2v) is 4.93. The van der Waals surface area contributed by atoms with Crippen LogP contribution in [0.3, 0.4) is 0 Å². The maximum atomic E-state index is 12.3. The molecule has 0 aromatic heterocycles. The minimum atomic E-state index is -1.08. The molecule has 0 fully saturated rings. The minimum absolute atomic E-state index is 0.0353. The lowest BCUT2D eigenvalue weighted by Crippen LogP contribution is -2.27. The van der Waals surface area contributed by atoms with Gasteiger partial charge in [-0.05, 0) is 22.8 Å². The molecule has 4 nitrogen and oxygen atoms in total. The maximum absolute atomic E-state index is 12.3. The molecule has 2 aromatic carbocycles. The summed E-state index contributed by atoms with van der Waals surface area (Å²) in [7, 11) is 0. The Morgan fingerprint density at radius 2 is 1.60 bits per heavy atom. The highest BCUT2D eigenvalue weighted by atomic mass is 16.3. The lowest BCUT2D eigenvalue weighted by Gasteiger charge is -2.17. The van der Waals surface area contributed by atoms with E-state index in [1.165, 1.54) is 0 Å². The summed E-state index contributed by atoms with van der Waals surface area (Å²) in [4.78, 5) is 12.3. The van der Waals surface area contributed by atoms with E-state index in [-0.39, 0.29) is 12.3 Å². The summed E-state index contributed by atoms with van der Waals surface area (Å²) in [5.74, 6) is -0.0492. The molecule has 2 unspecified atom stereocenters. The summed E-state index contributed by atoms with van der Waals surface area (Å²) >= 11 is 0. The molecule has 1 aliphatic rings. The Kier molecular flexibility index (Phi) is 3.14. The van der Waals surface area contributed by atoms with Gasteiger partial charge in [-0.2, -0.15) is 0 Å². The summed E-state index contributed by atoms with van der Waals surface area (Å²) in [5.41, 5.74) is 8.86. The molecule has 3 rings (SSSR count). The van der Waals surface area contributed by atoms with E-state index >= 15 is 0 Å². The summed E-state index contributed by atoms with van der Waals surface area (Å²) in [6.45, 7) is -0.0353. The van der Waals surface area contributed by atoms with Crippen LogP contribution >= 0.6 is 0 Å². The fourth-order valence-corrected chi connectivity index (χ4v) is 2.58. The molecule has 0 heterocycles. The van der Waals surface area contributed by atoms with E-state index in [1.807, 2.05) is 18.2 Å². The number of carbonyl (C=O) groups excluding carboxylic acids is 1. The molecule has 0 aliphatic heterocycles. The van der Waals surface area contributed by atoms with E-state index in [2.05, 4.69) is 0 Å². The van der Waals surface area contributed by atoms with Gasteiger partial charge in [0.05, 0.1) is 6.10 Å². The summed E-state index contributed by atoms with van der Waals surface area (Å²) in [6.07, 6.45) is -2.12. The van der Waals surface area contributed by atoms with E-state index in [0.29, 0.717) is 16.7 Å². The molecule has 0 saturated carbocycles. The van der Waals surface area contributed by atoms with Crippen LogP contribution in [0.15, 0.2) is 42.5 Å². The number of hydrogen-bond acceptors (Lipinski definition) is 4. The van der Waals surface area contributed by atoms with E-state index in [4.69, 9.17) is 5.73 Å². The fourth-order valence-electron chi connectivity index (χ4n) is 2.58. The number of aliphatic hydroxyl groups excluding tert-OH is 2. The zero-order valence-corrected chi connectivity index (χ0v) is 10.8. The average Bonchev–Trinajstić information content (AvgIpc) is 2.79. The predicted molar refractivity (Wildman–Crippen MR) is 75.3 cm³/mol. The quantitative estimate of drug-likeness (QED) is 0.668. The summed E-state index contributed by atoms with van der Waals surface area (Å²) in [6, 6.07) is 12.6. The molecule has 20 heavy (non-hydrogen) atoms. The first-order valence-electron chi connectivity index (χ1n) is 6.47. The first-order valence-corrected chi connectivity index (χ1v) is 6.47. The lowest BCUT2D eigenvalue weighted by molar-refractivity contribution is 0.0243. The Balaban J connectivity index is 2.07. The zero-order chi connectivity index (χ0) is 14.3. The third-order valence-electron chi connectivity index (χ3n) is 3.70. The Bertz CT molecular complexity index is 681. The van der Waals surface area contributed by atoms with Crippen LogP contribution in [0, 0.1) is 0 Å². The normalized spacial score (nSPS) is 15.7. The summed E-state index contributed by atoms with van der Waals surface area (Å²) < 4.78 is 0. The van der Waals surface area contributed by atoms with Crippen LogP contribution in [0.25, 0.3) is 11.1 Å². The topological polar surface area (TPSA) is 83.6 Å². The van der Waals surface area contributed by atoms with Crippen LogP contribution in [-0.2, 0) is 0 Å². The second kappa shape index (κ2) is 4.83. The van der Waals surface area contributed by atoms with Crippen molar-refractivity contribution in [3.8, 4) is 11.1 Å². The van der Waals surface area contributed by atoms with Crippen molar-refractivity contribution in [3.63, 3.8) is 0 Å². The molecule has 0 saturated heterocycles. The van der Waals surface area contributed by atoms with Gasteiger partial charge in [-0.15, -0.1) is 0 Å². The minimum Gasteiger partial charge on any atom is -0.389 e. The van der Waals surface area contributed by atoms with Crippen molar-refractivity contribution in [2.24, 2.45) is 5.73 Å². The van der Waals surface area contributed by atoms with Gasteiger partial charge >= 0.3 is 0 Å². The number of fused-ring (bicyclic) bond motifs is 3. The van der Waals surface area contributed by atoms with Crippen molar-refractivity contribution in [3.05, 3.63) is 59.2 Å². The maximum Gasteiger partial charge on any atom is 0.194 e. The SMILES string of the molecule is NCC(O)C(O)c1ccc2c(c1)C(=O)c1ccccc1-2. The Morgan fingerprint density at radius 3 is 2.30 bits per heavy atom. The van der Waals surface area contributed by atoms with Crippen molar-refractivity contribution in [2.45, 2.75) is 12.2 Å². The van der Waals surface area contributed by atoms with Gasteiger partial charge in [0, 0.05) is 17.7 Å². The fraction of sp³-hybridized carbons (Fsp3) is 0.188. The van der Waals surface area contributed by atoms with Crippen molar-refractivity contribution < 1.29 is 15.0 Å². The number of carbonyl (C=O) groups is 1. The van der Waals surface area contributed by atoms with Crippen LogP contribution in [0.4, 0.5) is 0 Å². The lowest BCUT2D eigenvalue weighted by atomic mass is 9.98. The molecule has 4 heteroatoms. The molecule has 102 valence electrons. The van der Waals surface area contributed by atoms with Gasteiger partial charge in [0.25, 0.3) is 0 Å². The molecular weight excluding hydrogens is 254 g/mol. The van der Waals surface area contributed by atoms with Crippen LogP contribution in [0.1, 0.15) is 27.6 Å². The summed E-state index contributed by atoms with van der Waals surface area (Å²) in [5, 5.41) is 19.6. The molecule has 0 radical (unpaired) electrons. The van der Waals surface area contributed by atoms with E-state index in [9.17, 15) is 15.0 Å². The van der Waals surface area contributed by atoms with Crippen molar-refractivity contribution in [1.82, 2.24) is 0 Å². The molecular formula is C16H15NO3. The van der Waals surface area contributed by atoms with E-state index in [1.54, 1.807) is 24.3 Å². The smallest absolute Gasteiger partial charge is 0.194 e.